The van der Waals surface area contributed by atoms with Crippen molar-refractivity contribution in [3.05, 3.63) is 36.0 Å². The number of fused-ring (bicyclic) bond motifs is 3. The smallest absolute Gasteiger partial charge is 0.246 e. The molecule has 1 aromatic carbocycles. The van der Waals surface area contributed by atoms with Crippen LogP contribution in [-0.2, 0) is 9.53 Å². The van der Waals surface area contributed by atoms with E-state index in [1.54, 1.807) is 29.9 Å². The quantitative estimate of drug-likeness (QED) is 0.694. The minimum atomic E-state index is -0.459. The molecule has 0 spiro atoms. The van der Waals surface area contributed by atoms with Gasteiger partial charge in [0.05, 0.1) is 24.1 Å². The predicted octanol–water partition coefficient (Wildman–Crippen LogP) is 2.30. The second kappa shape index (κ2) is 7.63. The van der Waals surface area contributed by atoms with Gasteiger partial charge in [-0.15, -0.1) is 0 Å². The second-order valence-electron chi connectivity index (χ2n) is 7.21. The number of carbonyl (C=O) groups excluding carboxylic acids is 1. The molecule has 3 aromatic rings. The number of ether oxygens (including phenoxy) is 1. The highest BCUT2D eigenvalue weighted by Crippen LogP contribution is 2.30. The average molecular weight is 392 g/mol. The zero-order chi connectivity index (χ0) is 20.5. The largest absolute Gasteiger partial charge is 0.383 e. The Labute approximate surface area is 168 Å². The molecule has 4 rings (SSSR count). The maximum atomic E-state index is 12.7. The molecule has 2 N–H and O–H groups in total. The molecular formula is C21H24N6O2. The molecule has 1 amide bonds. The summed E-state index contributed by atoms with van der Waals surface area (Å²) in [6.07, 6.45) is 5.62. The van der Waals surface area contributed by atoms with Crippen molar-refractivity contribution in [2.24, 2.45) is 4.99 Å². The van der Waals surface area contributed by atoms with Gasteiger partial charge < -0.3 is 15.4 Å². The van der Waals surface area contributed by atoms with Crippen molar-refractivity contribution in [3.63, 3.8) is 0 Å². The van der Waals surface area contributed by atoms with E-state index in [9.17, 15) is 4.79 Å². The van der Waals surface area contributed by atoms with Crippen LogP contribution in [0.1, 0.15) is 18.5 Å². The SMILES string of the molecule is COCCN(C)C(=O)C(C)n1cc2c(N)nc3cc(C4=CC=NC4)ccc3c2n1. The van der Waals surface area contributed by atoms with Crippen LogP contribution in [0.25, 0.3) is 27.4 Å². The third kappa shape index (κ3) is 3.47. The molecule has 29 heavy (non-hydrogen) atoms. The number of allylic oxidation sites excluding steroid dienone is 1. The highest BCUT2D eigenvalue weighted by Gasteiger charge is 2.22. The van der Waals surface area contributed by atoms with E-state index in [-0.39, 0.29) is 5.91 Å². The summed E-state index contributed by atoms with van der Waals surface area (Å²) < 4.78 is 6.72. The normalized spacial score (nSPS) is 14.5. The van der Waals surface area contributed by atoms with Gasteiger partial charge in [0.15, 0.2) is 0 Å². The minimum Gasteiger partial charge on any atom is -0.383 e. The number of nitrogens with zero attached hydrogens (tertiary/aromatic N) is 5. The Balaban J connectivity index is 1.72. The molecular weight excluding hydrogens is 368 g/mol. The maximum Gasteiger partial charge on any atom is 0.246 e. The van der Waals surface area contributed by atoms with E-state index < -0.39 is 6.04 Å². The highest BCUT2D eigenvalue weighted by atomic mass is 16.5. The van der Waals surface area contributed by atoms with Crippen LogP contribution in [0.2, 0.25) is 0 Å². The van der Waals surface area contributed by atoms with Crippen LogP contribution < -0.4 is 5.73 Å². The number of methoxy groups -OCH3 is 1. The Kier molecular flexibility index (Phi) is 5.02. The number of rotatable bonds is 6. The molecule has 150 valence electrons. The second-order valence-corrected chi connectivity index (χ2v) is 7.21. The van der Waals surface area contributed by atoms with Crippen molar-refractivity contribution in [3.8, 4) is 0 Å². The van der Waals surface area contributed by atoms with E-state index in [1.165, 1.54) is 0 Å². The van der Waals surface area contributed by atoms with E-state index >= 15 is 0 Å². The number of aliphatic imine (C=N–C) groups is 1. The molecule has 8 heteroatoms. The first-order chi connectivity index (χ1) is 14.0. The molecule has 1 atom stereocenters. The summed E-state index contributed by atoms with van der Waals surface area (Å²) in [6, 6.07) is 5.61. The summed E-state index contributed by atoms with van der Waals surface area (Å²) in [4.78, 5) is 23.2. The van der Waals surface area contributed by atoms with E-state index in [4.69, 9.17) is 15.6 Å². The molecule has 2 aromatic heterocycles. The summed E-state index contributed by atoms with van der Waals surface area (Å²) in [7, 11) is 3.37. The monoisotopic (exact) mass is 392 g/mol. The van der Waals surface area contributed by atoms with Crippen molar-refractivity contribution >= 4 is 45.3 Å². The summed E-state index contributed by atoms with van der Waals surface area (Å²) >= 11 is 0. The number of carbonyl (C=O) groups is 1. The predicted molar refractivity (Wildman–Crippen MR) is 115 cm³/mol. The van der Waals surface area contributed by atoms with E-state index in [1.807, 2.05) is 37.4 Å². The van der Waals surface area contributed by atoms with Crippen molar-refractivity contribution in [2.75, 3.05) is 39.6 Å². The Morgan fingerprint density at radius 1 is 1.38 bits per heavy atom. The molecule has 0 radical (unpaired) electrons. The summed E-state index contributed by atoms with van der Waals surface area (Å²) in [5, 5.41) is 6.34. The molecule has 8 nitrogen and oxygen atoms in total. The van der Waals surface area contributed by atoms with Gasteiger partial charge in [0.25, 0.3) is 0 Å². The van der Waals surface area contributed by atoms with Crippen molar-refractivity contribution in [2.45, 2.75) is 13.0 Å². The maximum absolute atomic E-state index is 12.7. The van der Waals surface area contributed by atoms with Crippen LogP contribution in [0.5, 0.6) is 0 Å². The topological polar surface area (TPSA) is 98.6 Å². The first kappa shape index (κ1) is 19.1. The van der Waals surface area contributed by atoms with Crippen LogP contribution in [0.15, 0.2) is 35.5 Å². The Hall–Kier alpha value is -3.26. The number of aromatic nitrogens is 3. The minimum absolute atomic E-state index is 0.0406. The Morgan fingerprint density at radius 3 is 2.93 bits per heavy atom. The van der Waals surface area contributed by atoms with E-state index in [0.717, 1.165) is 32.9 Å². The van der Waals surface area contributed by atoms with Crippen LogP contribution in [0.4, 0.5) is 5.82 Å². The van der Waals surface area contributed by atoms with Gasteiger partial charge >= 0.3 is 0 Å². The standard InChI is InChI=1S/C21H24N6O2/c1-13(21(28)26(2)8-9-29-3)27-12-17-19(25-27)16-5-4-14(15-6-7-23-11-15)10-18(16)24-20(17)22/h4-7,10,12-13H,8-9,11H2,1-3H3,(H2,22,24). The fourth-order valence-electron chi connectivity index (χ4n) is 3.50. The van der Waals surface area contributed by atoms with Gasteiger partial charge in [-0.05, 0) is 36.3 Å². The third-order valence-electron chi connectivity index (χ3n) is 5.28. The Bertz CT molecular complexity index is 1150. The van der Waals surface area contributed by atoms with Crippen LogP contribution in [0, 0.1) is 0 Å². The number of hydrogen-bond acceptors (Lipinski definition) is 6. The number of pyridine rings is 1. The zero-order valence-corrected chi connectivity index (χ0v) is 16.8. The number of nitrogen functional groups attached to an aromatic ring is 1. The van der Waals surface area contributed by atoms with Gasteiger partial charge in [-0.2, -0.15) is 5.10 Å². The summed E-state index contributed by atoms with van der Waals surface area (Å²) in [6.45, 7) is 3.51. The van der Waals surface area contributed by atoms with E-state index in [0.29, 0.717) is 25.5 Å². The summed E-state index contributed by atoms with van der Waals surface area (Å²) in [5.41, 5.74) is 9.97. The molecule has 1 aliphatic heterocycles. The molecule has 0 fully saturated rings. The molecule has 3 heterocycles. The average Bonchev–Trinajstić information content (AvgIpc) is 3.41. The number of anilines is 1. The molecule has 0 saturated carbocycles. The molecule has 0 aliphatic carbocycles. The zero-order valence-electron chi connectivity index (χ0n) is 16.8. The lowest BCUT2D eigenvalue weighted by Crippen LogP contribution is -2.35. The van der Waals surface area contributed by atoms with Crippen LogP contribution >= 0.6 is 0 Å². The molecule has 0 saturated heterocycles. The van der Waals surface area contributed by atoms with Crippen molar-refractivity contribution in [1.29, 1.82) is 0 Å². The molecule has 1 aliphatic rings. The lowest BCUT2D eigenvalue weighted by molar-refractivity contribution is -0.133. The van der Waals surface area contributed by atoms with Gasteiger partial charge in [-0.1, -0.05) is 6.07 Å². The lowest BCUT2D eigenvalue weighted by Gasteiger charge is -2.21. The first-order valence-electron chi connectivity index (χ1n) is 9.51. The van der Waals surface area contributed by atoms with Gasteiger partial charge in [0.2, 0.25) is 5.91 Å². The number of benzene rings is 1. The van der Waals surface area contributed by atoms with Gasteiger partial charge in [-0.25, -0.2) is 4.98 Å². The van der Waals surface area contributed by atoms with E-state index in [2.05, 4.69) is 9.98 Å². The van der Waals surface area contributed by atoms with Gasteiger partial charge in [-0.3, -0.25) is 14.5 Å². The molecule has 1 unspecified atom stereocenters. The fraction of sp³-hybridized carbons (Fsp3) is 0.333. The van der Waals surface area contributed by atoms with Crippen molar-refractivity contribution < 1.29 is 9.53 Å². The number of likely N-dealkylation sites (N-methyl/N-ethyl adjacent to an activating group) is 1. The third-order valence-corrected chi connectivity index (χ3v) is 5.28. The number of hydrogen-bond donors (Lipinski definition) is 1. The highest BCUT2D eigenvalue weighted by molar-refractivity contribution is 6.08. The van der Waals surface area contributed by atoms with Crippen LogP contribution in [0.3, 0.4) is 0 Å². The molecule has 0 bridgehead atoms. The number of amides is 1. The van der Waals surface area contributed by atoms with Gasteiger partial charge in [0, 0.05) is 38.5 Å². The Morgan fingerprint density at radius 2 is 2.21 bits per heavy atom. The van der Waals surface area contributed by atoms with Crippen molar-refractivity contribution in [1.82, 2.24) is 19.7 Å². The number of nitrogens with two attached hydrogens (primary N) is 1. The van der Waals surface area contributed by atoms with Gasteiger partial charge in [0.1, 0.15) is 17.4 Å². The summed E-state index contributed by atoms with van der Waals surface area (Å²) in [5.74, 6) is 0.362. The lowest BCUT2D eigenvalue weighted by atomic mass is 10.0. The van der Waals surface area contributed by atoms with Crippen LogP contribution in [-0.4, -0.2) is 65.6 Å². The first-order valence-corrected chi connectivity index (χ1v) is 9.51. The fourth-order valence-corrected chi connectivity index (χ4v) is 3.50.